The van der Waals surface area contributed by atoms with Crippen LogP contribution in [0.1, 0.15) is 35.4 Å². The Balaban J connectivity index is 1.44. The standard InChI is InChI=1S/C27H27NO4/c29-26(25-21-10-4-6-12-23(21)32-24-13-7-5-11-22(24)25)28-18-27(30,19-8-2-1-3-9-19)20-14-16-31-17-15-20/h1-13,20,25,30H,14-18H2,(H,28,29)/t27-/m1/s1. The average Bonchev–Trinajstić information content (AvgIpc) is 2.86. The summed E-state index contributed by atoms with van der Waals surface area (Å²) in [5.74, 6) is 0.747. The third-order valence-electron chi connectivity index (χ3n) is 6.64. The van der Waals surface area contributed by atoms with Gasteiger partial charge in [0.25, 0.3) is 0 Å². The molecule has 0 saturated carbocycles. The molecular weight excluding hydrogens is 402 g/mol. The number of hydrogen-bond donors (Lipinski definition) is 2. The molecule has 5 nitrogen and oxygen atoms in total. The van der Waals surface area contributed by atoms with Crippen molar-refractivity contribution in [2.75, 3.05) is 19.8 Å². The Morgan fingerprint density at radius 2 is 1.44 bits per heavy atom. The van der Waals surface area contributed by atoms with Gasteiger partial charge in [0.05, 0.1) is 12.5 Å². The molecule has 2 heterocycles. The maximum atomic E-state index is 13.6. The summed E-state index contributed by atoms with van der Waals surface area (Å²) in [6.45, 7) is 1.38. The van der Waals surface area contributed by atoms with Gasteiger partial charge in [0, 0.05) is 24.3 Å². The lowest BCUT2D eigenvalue weighted by atomic mass is 9.76. The van der Waals surface area contributed by atoms with E-state index in [0.29, 0.717) is 24.7 Å². The van der Waals surface area contributed by atoms with Crippen molar-refractivity contribution in [2.45, 2.75) is 24.4 Å². The van der Waals surface area contributed by atoms with Crippen molar-refractivity contribution in [1.82, 2.24) is 5.32 Å². The third kappa shape index (κ3) is 3.78. The first kappa shape index (κ1) is 20.7. The molecule has 0 unspecified atom stereocenters. The van der Waals surface area contributed by atoms with E-state index < -0.39 is 11.5 Å². The van der Waals surface area contributed by atoms with Gasteiger partial charge in [0.2, 0.25) is 5.91 Å². The van der Waals surface area contributed by atoms with Gasteiger partial charge >= 0.3 is 0 Å². The van der Waals surface area contributed by atoms with Crippen LogP contribution in [0.2, 0.25) is 0 Å². The number of amides is 1. The van der Waals surface area contributed by atoms with Crippen molar-refractivity contribution >= 4 is 5.91 Å². The van der Waals surface area contributed by atoms with Gasteiger partial charge in [-0.2, -0.15) is 0 Å². The number of hydrogen-bond acceptors (Lipinski definition) is 4. The fourth-order valence-electron chi connectivity index (χ4n) is 4.90. The van der Waals surface area contributed by atoms with Crippen LogP contribution in [0.15, 0.2) is 78.9 Å². The Morgan fingerprint density at radius 1 is 0.875 bits per heavy atom. The molecule has 1 amide bonds. The van der Waals surface area contributed by atoms with Crippen LogP contribution in [0.25, 0.3) is 0 Å². The van der Waals surface area contributed by atoms with Gasteiger partial charge < -0.3 is 19.9 Å². The van der Waals surface area contributed by atoms with Crippen LogP contribution >= 0.6 is 0 Å². The van der Waals surface area contributed by atoms with Crippen LogP contribution in [0.4, 0.5) is 0 Å². The molecule has 2 aliphatic heterocycles. The number of aliphatic hydroxyl groups is 1. The van der Waals surface area contributed by atoms with Gasteiger partial charge in [-0.05, 0) is 36.5 Å². The summed E-state index contributed by atoms with van der Waals surface area (Å²) in [5.41, 5.74) is 1.32. The number of ether oxygens (including phenoxy) is 2. The van der Waals surface area contributed by atoms with Crippen LogP contribution in [0, 0.1) is 5.92 Å². The molecule has 2 N–H and O–H groups in total. The van der Waals surface area contributed by atoms with E-state index in [1.165, 1.54) is 0 Å². The maximum absolute atomic E-state index is 13.6. The van der Waals surface area contributed by atoms with Crippen molar-refractivity contribution in [3.63, 3.8) is 0 Å². The molecule has 32 heavy (non-hydrogen) atoms. The quantitative estimate of drug-likeness (QED) is 0.633. The van der Waals surface area contributed by atoms with E-state index in [4.69, 9.17) is 9.47 Å². The Morgan fingerprint density at radius 3 is 2.06 bits per heavy atom. The minimum absolute atomic E-state index is 0.00760. The second kappa shape index (κ2) is 8.77. The van der Waals surface area contributed by atoms with E-state index in [2.05, 4.69) is 5.32 Å². The van der Waals surface area contributed by atoms with Gasteiger partial charge in [0.15, 0.2) is 0 Å². The Hall–Kier alpha value is -3.15. The molecule has 0 radical (unpaired) electrons. The third-order valence-corrected chi connectivity index (χ3v) is 6.64. The van der Waals surface area contributed by atoms with E-state index in [0.717, 1.165) is 29.5 Å². The van der Waals surface area contributed by atoms with Gasteiger partial charge in [-0.1, -0.05) is 66.7 Å². The number of nitrogens with one attached hydrogen (secondary N) is 1. The molecule has 5 heteroatoms. The van der Waals surface area contributed by atoms with Crippen LogP contribution in [0.5, 0.6) is 11.5 Å². The maximum Gasteiger partial charge on any atom is 0.232 e. The van der Waals surface area contributed by atoms with E-state index >= 15 is 0 Å². The average molecular weight is 430 g/mol. The first-order valence-electron chi connectivity index (χ1n) is 11.2. The lowest BCUT2D eigenvalue weighted by Crippen LogP contribution is -2.48. The normalized spacial score (nSPS) is 18.0. The molecule has 0 aromatic heterocycles. The van der Waals surface area contributed by atoms with E-state index in [-0.39, 0.29) is 18.4 Å². The predicted octanol–water partition coefficient (Wildman–Crippen LogP) is 4.35. The molecule has 1 fully saturated rings. The number of benzene rings is 3. The van der Waals surface area contributed by atoms with Crippen molar-refractivity contribution in [1.29, 1.82) is 0 Å². The van der Waals surface area contributed by atoms with Crippen LogP contribution in [-0.2, 0) is 15.1 Å². The molecule has 1 saturated heterocycles. The minimum atomic E-state index is -1.16. The van der Waals surface area contributed by atoms with Crippen LogP contribution < -0.4 is 10.1 Å². The zero-order valence-corrected chi connectivity index (χ0v) is 17.9. The molecular formula is C27H27NO4. The molecule has 1 atom stereocenters. The molecule has 5 rings (SSSR count). The smallest absolute Gasteiger partial charge is 0.232 e. The van der Waals surface area contributed by atoms with Crippen molar-refractivity contribution in [2.24, 2.45) is 5.92 Å². The fraction of sp³-hybridized carbons (Fsp3) is 0.296. The Bertz CT molecular complexity index is 1050. The number of rotatable bonds is 5. The SMILES string of the molecule is O=C(NC[C@@](O)(c1ccccc1)C1CCOCC1)C1c2ccccc2Oc2ccccc21. The molecule has 164 valence electrons. The highest BCUT2D eigenvalue weighted by Crippen LogP contribution is 2.44. The lowest BCUT2D eigenvalue weighted by molar-refractivity contribution is -0.125. The Labute approximate surface area is 188 Å². The summed E-state index contributed by atoms with van der Waals surface area (Å²) in [5, 5.41) is 14.9. The fourth-order valence-corrected chi connectivity index (χ4v) is 4.90. The monoisotopic (exact) mass is 429 g/mol. The Kier molecular flexibility index (Phi) is 5.68. The number of carbonyl (C=O) groups excluding carboxylic acids is 1. The summed E-state index contributed by atoms with van der Waals surface area (Å²) >= 11 is 0. The predicted molar refractivity (Wildman–Crippen MR) is 122 cm³/mol. The molecule has 0 aliphatic carbocycles. The van der Waals surface area contributed by atoms with Gasteiger partial charge in [-0.15, -0.1) is 0 Å². The first-order valence-corrected chi connectivity index (χ1v) is 11.2. The highest BCUT2D eigenvalue weighted by molar-refractivity contribution is 5.89. The van der Waals surface area contributed by atoms with Crippen molar-refractivity contribution in [3.8, 4) is 11.5 Å². The minimum Gasteiger partial charge on any atom is -0.457 e. The van der Waals surface area contributed by atoms with E-state index in [1.54, 1.807) is 0 Å². The van der Waals surface area contributed by atoms with Crippen LogP contribution in [-0.4, -0.2) is 30.8 Å². The van der Waals surface area contributed by atoms with Crippen LogP contribution in [0.3, 0.4) is 0 Å². The largest absolute Gasteiger partial charge is 0.457 e. The summed E-state index contributed by atoms with van der Waals surface area (Å²) in [6.07, 6.45) is 1.51. The number of fused-ring (bicyclic) bond motifs is 2. The second-order valence-corrected chi connectivity index (χ2v) is 8.51. The second-order valence-electron chi connectivity index (χ2n) is 8.51. The van der Waals surface area contributed by atoms with Crippen molar-refractivity contribution in [3.05, 3.63) is 95.6 Å². The number of carbonyl (C=O) groups is 1. The van der Waals surface area contributed by atoms with Gasteiger partial charge in [0.1, 0.15) is 17.1 Å². The highest BCUT2D eigenvalue weighted by atomic mass is 16.5. The zero-order valence-electron chi connectivity index (χ0n) is 17.9. The summed E-state index contributed by atoms with van der Waals surface area (Å²) < 4.78 is 11.5. The topological polar surface area (TPSA) is 67.8 Å². The number of para-hydroxylation sites is 2. The summed E-state index contributed by atoms with van der Waals surface area (Å²) in [6, 6.07) is 24.9. The van der Waals surface area contributed by atoms with Gasteiger partial charge in [-0.3, -0.25) is 4.79 Å². The lowest BCUT2D eigenvalue weighted by Gasteiger charge is -2.39. The van der Waals surface area contributed by atoms with Crippen molar-refractivity contribution < 1.29 is 19.4 Å². The highest BCUT2D eigenvalue weighted by Gasteiger charge is 2.41. The first-order chi connectivity index (χ1) is 15.7. The van der Waals surface area contributed by atoms with E-state index in [9.17, 15) is 9.90 Å². The molecule has 3 aromatic rings. The summed E-state index contributed by atoms with van der Waals surface area (Å²) in [4.78, 5) is 13.6. The molecule has 2 aliphatic rings. The van der Waals surface area contributed by atoms with E-state index in [1.807, 2.05) is 78.9 Å². The molecule has 0 bridgehead atoms. The molecule has 0 spiro atoms. The zero-order chi connectivity index (χ0) is 22.0. The molecule has 3 aromatic carbocycles. The summed E-state index contributed by atoms with van der Waals surface area (Å²) in [7, 11) is 0. The van der Waals surface area contributed by atoms with Gasteiger partial charge in [-0.25, -0.2) is 0 Å².